The molecular formula is C7H5BrF2Zn. The number of halogens is 3. The Balaban J connectivity index is 0.000000461. The van der Waals surface area contributed by atoms with E-state index in [4.69, 9.17) is 0 Å². The second-order valence-electron chi connectivity index (χ2n) is 1.78. The summed E-state index contributed by atoms with van der Waals surface area (Å²) < 4.78 is 24.3. The van der Waals surface area contributed by atoms with Crippen LogP contribution >= 0.6 is 13.6 Å². The van der Waals surface area contributed by atoms with Gasteiger partial charge in [-0.3, -0.25) is 0 Å². The first-order valence-electron chi connectivity index (χ1n) is 2.73. The van der Waals surface area contributed by atoms with Gasteiger partial charge >= 0.3 is 30.0 Å². The summed E-state index contributed by atoms with van der Waals surface area (Å²) in [5, 5.41) is 0. The Labute approximate surface area is 81.0 Å². The van der Waals surface area contributed by atoms with Crippen LogP contribution in [0.25, 0.3) is 0 Å². The number of hydrogen-bond donors (Lipinski definition) is 0. The van der Waals surface area contributed by atoms with Gasteiger partial charge in [-0.15, -0.1) is 12.1 Å². The van der Waals surface area contributed by atoms with E-state index in [1.54, 1.807) is 0 Å². The van der Waals surface area contributed by atoms with Gasteiger partial charge in [-0.25, -0.2) is 8.78 Å². The van der Waals surface area contributed by atoms with Gasteiger partial charge in [-0.1, -0.05) is 0 Å². The van der Waals surface area contributed by atoms with Crippen molar-refractivity contribution in [1.29, 1.82) is 0 Å². The van der Waals surface area contributed by atoms with E-state index in [1.807, 2.05) is 0 Å². The van der Waals surface area contributed by atoms with Crippen molar-refractivity contribution in [3.8, 4) is 0 Å². The molecule has 0 saturated carbocycles. The third-order valence-electron chi connectivity index (χ3n) is 0.922. The zero-order chi connectivity index (χ0) is 8.85. The van der Waals surface area contributed by atoms with E-state index in [9.17, 15) is 8.78 Å². The second kappa shape index (κ2) is 5.67. The van der Waals surface area contributed by atoms with Crippen molar-refractivity contribution in [3.05, 3.63) is 42.3 Å². The van der Waals surface area contributed by atoms with Crippen molar-refractivity contribution < 1.29 is 25.1 Å². The van der Waals surface area contributed by atoms with Crippen LogP contribution in [0.5, 0.6) is 0 Å². The van der Waals surface area contributed by atoms with Gasteiger partial charge in [0.05, 0.1) is 11.6 Å². The molecule has 0 fully saturated rings. The van der Waals surface area contributed by atoms with E-state index in [0.717, 1.165) is 6.07 Å². The van der Waals surface area contributed by atoms with Crippen LogP contribution in [-0.4, -0.2) is 0 Å². The van der Waals surface area contributed by atoms with Gasteiger partial charge in [-0.05, 0) is 6.07 Å². The van der Waals surface area contributed by atoms with E-state index in [2.05, 4.69) is 20.5 Å². The summed E-state index contributed by atoms with van der Waals surface area (Å²) in [6.07, 6.45) is 0. The SMILES string of the molecule is [CH2-]c1cc(F)cc(F)c1.[Zn+][Br]. The molecule has 0 saturated heterocycles. The average molecular weight is 272 g/mol. The maximum absolute atomic E-state index is 12.1. The third-order valence-corrected chi connectivity index (χ3v) is 0.922. The molecule has 0 heterocycles. The fraction of sp³-hybridized carbons (Fsp3) is 0. The molecule has 0 spiro atoms. The minimum atomic E-state index is -0.583. The van der Waals surface area contributed by atoms with Crippen molar-refractivity contribution in [2.75, 3.05) is 0 Å². The predicted molar refractivity (Wildman–Crippen MR) is 39.7 cm³/mol. The predicted octanol–water partition coefficient (Wildman–Crippen LogP) is 2.99. The van der Waals surface area contributed by atoms with Crippen LogP contribution < -0.4 is 0 Å². The third kappa shape index (κ3) is 4.49. The van der Waals surface area contributed by atoms with E-state index in [-0.39, 0.29) is 0 Å². The van der Waals surface area contributed by atoms with Crippen LogP contribution in [0.2, 0.25) is 0 Å². The Kier molecular flexibility index (Phi) is 5.70. The normalized spacial score (nSPS) is 8.45. The summed E-state index contributed by atoms with van der Waals surface area (Å²) in [5.74, 6) is -1.17. The number of hydrogen-bond acceptors (Lipinski definition) is 0. The van der Waals surface area contributed by atoms with Crippen LogP contribution in [0, 0.1) is 18.6 Å². The topological polar surface area (TPSA) is 0 Å². The molecule has 0 amide bonds. The molecule has 1 aromatic carbocycles. The summed E-state index contributed by atoms with van der Waals surface area (Å²) in [4.78, 5) is 0. The van der Waals surface area contributed by atoms with Gasteiger partial charge < -0.3 is 0 Å². The quantitative estimate of drug-likeness (QED) is 0.503. The maximum atomic E-state index is 12.1. The number of rotatable bonds is 0. The Hall–Kier alpha value is 0.0534. The van der Waals surface area contributed by atoms with Crippen LogP contribution in [0.1, 0.15) is 5.56 Å². The molecule has 1 rings (SSSR count). The summed E-state index contributed by atoms with van der Waals surface area (Å²) in [6, 6.07) is 3.15. The Morgan fingerprint density at radius 3 is 1.73 bits per heavy atom. The Morgan fingerprint density at radius 2 is 1.45 bits per heavy atom. The van der Waals surface area contributed by atoms with Gasteiger partial charge in [0.2, 0.25) is 0 Å². The van der Waals surface area contributed by atoms with Crippen molar-refractivity contribution in [3.63, 3.8) is 0 Å². The first-order valence-corrected chi connectivity index (χ1v) is 9.68. The molecule has 0 aliphatic rings. The van der Waals surface area contributed by atoms with Crippen LogP contribution in [0.3, 0.4) is 0 Å². The summed E-state index contributed by atoms with van der Waals surface area (Å²) in [7, 11) is 0. The zero-order valence-electron chi connectivity index (χ0n) is 5.78. The van der Waals surface area contributed by atoms with Gasteiger partial charge in [0.15, 0.2) is 0 Å². The van der Waals surface area contributed by atoms with Crippen molar-refractivity contribution in [1.82, 2.24) is 0 Å². The molecule has 0 N–H and O–H groups in total. The van der Waals surface area contributed by atoms with Gasteiger partial charge in [0.25, 0.3) is 0 Å². The standard InChI is InChI=1S/C7H5F2.BrH.Zn/c1-5-2-6(8)4-7(9)3-5;;/h2-4H,1H2;1H;/q-1;;+2/p-1. The van der Waals surface area contributed by atoms with Crippen molar-refractivity contribution in [2.24, 2.45) is 0 Å². The second-order valence-corrected chi connectivity index (χ2v) is 1.78. The number of benzene rings is 1. The monoisotopic (exact) mass is 270 g/mol. The molecule has 0 aliphatic heterocycles. The molecular weight excluding hydrogens is 267 g/mol. The molecule has 4 heteroatoms. The molecule has 0 nitrogen and oxygen atoms in total. The van der Waals surface area contributed by atoms with Crippen molar-refractivity contribution >= 4 is 13.6 Å². The molecule has 1 aromatic rings. The van der Waals surface area contributed by atoms with E-state index in [0.29, 0.717) is 5.56 Å². The minimum absolute atomic E-state index is 0.354. The van der Waals surface area contributed by atoms with Crippen molar-refractivity contribution in [2.45, 2.75) is 0 Å². The molecule has 0 bridgehead atoms. The van der Waals surface area contributed by atoms with E-state index < -0.39 is 11.6 Å². The Bertz CT molecular complexity index is 177. The fourth-order valence-electron chi connectivity index (χ4n) is 0.611. The van der Waals surface area contributed by atoms with Gasteiger partial charge in [0.1, 0.15) is 0 Å². The molecule has 0 aliphatic carbocycles. The molecule has 0 unspecified atom stereocenters. The average Bonchev–Trinajstić information content (AvgIpc) is 1.88. The molecule has 0 radical (unpaired) electrons. The fourth-order valence-corrected chi connectivity index (χ4v) is 0.611. The first kappa shape index (κ1) is 11.1. The molecule has 0 aromatic heterocycles. The van der Waals surface area contributed by atoms with E-state index in [1.165, 1.54) is 28.5 Å². The van der Waals surface area contributed by atoms with Crippen LogP contribution in [-0.2, 0) is 16.3 Å². The van der Waals surface area contributed by atoms with Gasteiger partial charge in [0, 0.05) is 0 Å². The van der Waals surface area contributed by atoms with Crippen LogP contribution in [0.4, 0.5) is 8.78 Å². The van der Waals surface area contributed by atoms with E-state index >= 15 is 0 Å². The van der Waals surface area contributed by atoms with Crippen LogP contribution in [0.15, 0.2) is 18.2 Å². The molecule has 11 heavy (non-hydrogen) atoms. The van der Waals surface area contributed by atoms with Gasteiger partial charge in [-0.2, -0.15) is 12.5 Å². The zero-order valence-corrected chi connectivity index (χ0v) is 10.3. The summed E-state index contributed by atoms with van der Waals surface area (Å²) >= 11 is 4.25. The first-order chi connectivity index (χ1) is 5.18. The molecule has 56 valence electrons. The summed E-state index contributed by atoms with van der Waals surface area (Å²) in [6.45, 7) is 3.36. The summed E-state index contributed by atoms with van der Waals surface area (Å²) in [5.41, 5.74) is 0.354. The Morgan fingerprint density at radius 1 is 1.09 bits per heavy atom. The molecule has 0 atom stereocenters.